The topological polar surface area (TPSA) is 35.5 Å². The monoisotopic (exact) mass is 298 g/mol. The summed E-state index contributed by atoms with van der Waals surface area (Å²) in [5, 5.41) is 0. The predicted molar refractivity (Wildman–Crippen MR) is 57.7 cm³/mol. The summed E-state index contributed by atoms with van der Waals surface area (Å²) in [5.41, 5.74) is 0. The largest absolute Gasteiger partial charge is 0.436 e. The molecule has 1 aliphatic heterocycles. The SMILES string of the molecule is CC(CI)C(=O)OC1CCCCO1. The van der Waals surface area contributed by atoms with E-state index in [1.54, 1.807) is 0 Å². The van der Waals surface area contributed by atoms with Crippen LogP contribution in [0.3, 0.4) is 0 Å². The molecule has 1 rings (SSSR count). The van der Waals surface area contributed by atoms with Crippen LogP contribution in [0.25, 0.3) is 0 Å². The number of carbonyl (C=O) groups is 1. The third-order valence-electron chi connectivity index (χ3n) is 2.02. The first-order chi connectivity index (χ1) is 6.24. The summed E-state index contributed by atoms with van der Waals surface area (Å²) >= 11 is 2.18. The molecule has 2 atom stereocenters. The second-order valence-electron chi connectivity index (χ2n) is 3.29. The van der Waals surface area contributed by atoms with E-state index in [0.717, 1.165) is 30.3 Å². The first-order valence-corrected chi connectivity index (χ1v) is 6.14. The van der Waals surface area contributed by atoms with Crippen LogP contribution in [-0.2, 0) is 14.3 Å². The zero-order valence-corrected chi connectivity index (χ0v) is 9.95. The van der Waals surface area contributed by atoms with Crippen LogP contribution in [0.15, 0.2) is 0 Å². The molecule has 1 aliphatic rings. The summed E-state index contributed by atoms with van der Waals surface area (Å²) in [6, 6.07) is 0. The van der Waals surface area contributed by atoms with E-state index in [-0.39, 0.29) is 18.2 Å². The molecule has 0 aromatic carbocycles. The Morgan fingerprint density at radius 2 is 2.46 bits per heavy atom. The zero-order valence-electron chi connectivity index (χ0n) is 7.79. The van der Waals surface area contributed by atoms with Gasteiger partial charge < -0.3 is 9.47 Å². The van der Waals surface area contributed by atoms with Crippen LogP contribution in [0.5, 0.6) is 0 Å². The fourth-order valence-corrected chi connectivity index (χ4v) is 1.47. The van der Waals surface area contributed by atoms with Crippen LogP contribution in [0.1, 0.15) is 26.2 Å². The van der Waals surface area contributed by atoms with E-state index in [9.17, 15) is 4.79 Å². The quantitative estimate of drug-likeness (QED) is 0.455. The number of hydrogen-bond acceptors (Lipinski definition) is 3. The molecule has 2 unspecified atom stereocenters. The Labute approximate surface area is 92.3 Å². The fourth-order valence-electron chi connectivity index (χ4n) is 1.11. The Hall–Kier alpha value is 0.160. The van der Waals surface area contributed by atoms with Crippen LogP contribution >= 0.6 is 22.6 Å². The minimum Gasteiger partial charge on any atom is -0.436 e. The number of carbonyl (C=O) groups excluding carboxylic acids is 1. The molecule has 0 radical (unpaired) electrons. The summed E-state index contributed by atoms with van der Waals surface area (Å²) in [4.78, 5) is 11.3. The van der Waals surface area contributed by atoms with E-state index in [2.05, 4.69) is 22.6 Å². The highest BCUT2D eigenvalue weighted by Gasteiger charge is 2.21. The maximum atomic E-state index is 11.3. The molecule has 3 nitrogen and oxygen atoms in total. The smallest absolute Gasteiger partial charge is 0.311 e. The van der Waals surface area contributed by atoms with E-state index in [4.69, 9.17) is 9.47 Å². The van der Waals surface area contributed by atoms with E-state index in [1.807, 2.05) is 6.92 Å². The Morgan fingerprint density at radius 3 is 3.00 bits per heavy atom. The molecule has 1 fully saturated rings. The van der Waals surface area contributed by atoms with Crippen molar-refractivity contribution >= 4 is 28.6 Å². The number of rotatable bonds is 3. The minimum atomic E-state index is -0.286. The van der Waals surface area contributed by atoms with Crippen molar-refractivity contribution in [1.82, 2.24) is 0 Å². The number of alkyl halides is 1. The lowest BCUT2D eigenvalue weighted by molar-refractivity contribution is -0.189. The predicted octanol–water partition coefficient (Wildman–Crippen LogP) is 2.13. The van der Waals surface area contributed by atoms with Crippen molar-refractivity contribution in [1.29, 1.82) is 0 Å². The molecule has 4 heteroatoms. The lowest BCUT2D eigenvalue weighted by atomic mass is 10.2. The molecule has 1 saturated heterocycles. The van der Waals surface area contributed by atoms with Gasteiger partial charge in [0.1, 0.15) is 0 Å². The lowest BCUT2D eigenvalue weighted by Crippen LogP contribution is -2.28. The van der Waals surface area contributed by atoms with Crippen molar-refractivity contribution in [3.63, 3.8) is 0 Å². The van der Waals surface area contributed by atoms with E-state index < -0.39 is 0 Å². The highest BCUT2D eigenvalue weighted by atomic mass is 127. The van der Waals surface area contributed by atoms with Crippen LogP contribution in [0, 0.1) is 5.92 Å². The maximum Gasteiger partial charge on any atom is 0.311 e. The molecule has 13 heavy (non-hydrogen) atoms. The molecule has 0 bridgehead atoms. The summed E-state index contributed by atoms with van der Waals surface area (Å²) in [6.45, 7) is 2.59. The Kier molecular flexibility index (Phi) is 5.01. The molecule has 0 aliphatic carbocycles. The van der Waals surface area contributed by atoms with Crippen molar-refractivity contribution in [2.45, 2.75) is 32.5 Å². The fraction of sp³-hybridized carbons (Fsp3) is 0.889. The van der Waals surface area contributed by atoms with Crippen molar-refractivity contribution in [2.75, 3.05) is 11.0 Å². The van der Waals surface area contributed by atoms with Crippen LogP contribution < -0.4 is 0 Å². The van der Waals surface area contributed by atoms with Crippen molar-refractivity contribution in [3.05, 3.63) is 0 Å². The van der Waals surface area contributed by atoms with Gasteiger partial charge in [-0.05, 0) is 12.8 Å². The molecular weight excluding hydrogens is 283 g/mol. The second-order valence-corrected chi connectivity index (χ2v) is 4.17. The van der Waals surface area contributed by atoms with E-state index >= 15 is 0 Å². The zero-order chi connectivity index (χ0) is 9.68. The van der Waals surface area contributed by atoms with Gasteiger partial charge in [-0.25, -0.2) is 0 Å². The molecule has 76 valence electrons. The first kappa shape index (κ1) is 11.2. The first-order valence-electron chi connectivity index (χ1n) is 4.62. The number of halogens is 1. The van der Waals surface area contributed by atoms with Crippen molar-refractivity contribution < 1.29 is 14.3 Å². The normalized spacial score (nSPS) is 25.2. The van der Waals surface area contributed by atoms with Gasteiger partial charge in [-0.1, -0.05) is 29.5 Å². The van der Waals surface area contributed by atoms with E-state index in [0.29, 0.717) is 0 Å². The molecule has 0 aromatic rings. The minimum absolute atomic E-state index is 0.0221. The molecule has 1 heterocycles. The number of hydrogen-bond donors (Lipinski definition) is 0. The van der Waals surface area contributed by atoms with Gasteiger partial charge in [0.15, 0.2) is 0 Å². The highest BCUT2D eigenvalue weighted by Crippen LogP contribution is 2.15. The Bertz CT molecular complexity index is 166. The Balaban J connectivity index is 2.26. The highest BCUT2D eigenvalue weighted by molar-refractivity contribution is 14.1. The number of ether oxygens (including phenoxy) is 2. The maximum absolute atomic E-state index is 11.3. The lowest BCUT2D eigenvalue weighted by Gasteiger charge is -2.23. The standard InChI is InChI=1S/C9H15IO3/c1-7(6-10)9(11)13-8-4-2-3-5-12-8/h7-8H,2-6H2,1H3. The molecular formula is C9H15IO3. The average Bonchev–Trinajstić information content (AvgIpc) is 2.18. The number of esters is 1. The molecule has 0 saturated carbocycles. The van der Waals surface area contributed by atoms with Gasteiger partial charge in [0, 0.05) is 10.8 Å². The van der Waals surface area contributed by atoms with Gasteiger partial charge in [-0.15, -0.1) is 0 Å². The molecule has 0 amide bonds. The summed E-state index contributed by atoms with van der Waals surface area (Å²) in [6.07, 6.45) is 2.73. The average molecular weight is 298 g/mol. The molecule has 0 aromatic heterocycles. The van der Waals surface area contributed by atoms with Gasteiger partial charge in [0.25, 0.3) is 0 Å². The molecule has 0 spiro atoms. The van der Waals surface area contributed by atoms with Gasteiger partial charge in [-0.2, -0.15) is 0 Å². The van der Waals surface area contributed by atoms with Gasteiger partial charge >= 0.3 is 5.97 Å². The second kappa shape index (κ2) is 5.80. The summed E-state index contributed by atoms with van der Waals surface area (Å²) < 4.78 is 11.3. The molecule has 0 N–H and O–H groups in total. The third-order valence-corrected chi connectivity index (χ3v) is 3.34. The van der Waals surface area contributed by atoms with Crippen LogP contribution in [0.2, 0.25) is 0 Å². The van der Waals surface area contributed by atoms with Gasteiger partial charge in [-0.3, -0.25) is 4.79 Å². The summed E-state index contributed by atoms with van der Waals surface area (Å²) in [5.74, 6) is -0.160. The summed E-state index contributed by atoms with van der Waals surface area (Å²) in [7, 11) is 0. The van der Waals surface area contributed by atoms with Crippen LogP contribution in [0.4, 0.5) is 0 Å². The van der Waals surface area contributed by atoms with Crippen LogP contribution in [-0.4, -0.2) is 23.3 Å². The van der Waals surface area contributed by atoms with Crippen molar-refractivity contribution in [3.8, 4) is 0 Å². The third kappa shape index (κ3) is 3.81. The van der Waals surface area contributed by atoms with Gasteiger partial charge in [0.2, 0.25) is 6.29 Å². The van der Waals surface area contributed by atoms with E-state index in [1.165, 1.54) is 0 Å². The van der Waals surface area contributed by atoms with Crippen molar-refractivity contribution in [2.24, 2.45) is 5.92 Å². The Morgan fingerprint density at radius 1 is 1.69 bits per heavy atom. The van der Waals surface area contributed by atoms with Gasteiger partial charge in [0.05, 0.1) is 12.5 Å².